The van der Waals surface area contributed by atoms with Crippen LogP contribution in [0.2, 0.25) is 10.0 Å². The number of piperidine rings is 1. The number of hydrogen-bond donors (Lipinski definition) is 1. The van der Waals surface area contributed by atoms with Gasteiger partial charge in [0.05, 0.1) is 6.42 Å². The molecule has 0 aromatic heterocycles. The number of nitrogens with zero attached hydrogens (tertiary/aromatic N) is 1. The van der Waals surface area contributed by atoms with Gasteiger partial charge in [-0.3, -0.25) is 4.79 Å². The largest absolute Gasteiger partial charge is 0.342 e. The van der Waals surface area contributed by atoms with Gasteiger partial charge in [0.1, 0.15) is 0 Å². The predicted molar refractivity (Wildman–Crippen MR) is 93.2 cm³/mol. The molecule has 0 spiro atoms. The van der Waals surface area contributed by atoms with Crippen LogP contribution in [0.1, 0.15) is 31.2 Å². The minimum absolute atomic E-state index is 0. The first-order chi connectivity index (χ1) is 10.0. The lowest BCUT2D eigenvalue weighted by Gasteiger charge is -2.35. The molecule has 2 atom stereocenters. The van der Waals surface area contributed by atoms with Crippen molar-refractivity contribution in [3.05, 3.63) is 33.8 Å². The van der Waals surface area contributed by atoms with Gasteiger partial charge in [0.15, 0.2) is 0 Å². The van der Waals surface area contributed by atoms with Crippen molar-refractivity contribution in [2.45, 2.75) is 50.2 Å². The Bertz CT molecular complexity index is 540. The third-order valence-corrected chi connectivity index (χ3v) is 5.33. The number of amides is 1. The first-order valence-corrected chi connectivity index (χ1v) is 8.24. The molecule has 0 saturated carbocycles. The maximum atomic E-state index is 12.5. The second kappa shape index (κ2) is 7.39. The van der Waals surface area contributed by atoms with E-state index in [1.165, 1.54) is 12.8 Å². The van der Waals surface area contributed by atoms with E-state index in [1.807, 2.05) is 18.0 Å². The normalized spacial score (nSPS) is 26.4. The van der Waals surface area contributed by atoms with Crippen LogP contribution in [-0.2, 0) is 11.2 Å². The maximum Gasteiger partial charge on any atom is 0.227 e. The Morgan fingerprint density at radius 2 is 1.91 bits per heavy atom. The van der Waals surface area contributed by atoms with Gasteiger partial charge < -0.3 is 10.2 Å². The molecule has 2 aliphatic rings. The lowest BCUT2D eigenvalue weighted by molar-refractivity contribution is -0.131. The summed E-state index contributed by atoms with van der Waals surface area (Å²) >= 11 is 12.0. The van der Waals surface area contributed by atoms with Crippen LogP contribution in [0.15, 0.2) is 18.2 Å². The molecule has 1 aromatic carbocycles. The van der Waals surface area contributed by atoms with Crippen molar-refractivity contribution >= 4 is 41.5 Å². The van der Waals surface area contributed by atoms with E-state index in [-0.39, 0.29) is 18.3 Å². The van der Waals surface area contributed by atoms with Crippen molar-refractivity contribution < 1.29 is 4.79 Å². The summed E-state index contributed by atoms with van der Waals surface area (Å²) in [5.74, 6) is 0.130. The minimum atomic E-state index is 0. The summed E-state index contributed by atoms with van der Waals surface area (Å²) in [7, 11) is 1.92. The van der Waals surface area contributed by atoms with E-state index < -0.39 is 0 Å². The van der Waals surface area contributed by atoms with Crippen LogP contribution in [0.3, 0.4) is 0 Å². The summed E-state index contributed by atoms with van der Waals surface area (Å²) in [6, 6.07) is 6.83. The highest BCUT2D eigenvalue weighted by Crippen LogP contribution is 2.30. The molecular weight excluding hydrogens is 343 g/mol. The van der Waals surface area contributed by atoms with Crippen LogP contribution in [0.5, 0.6) is 0 Å². The highest BCUT2D eigenvalue weighted by molar-refractivity contribution is 6.35. The predicted octanol–water partition coefficient (Wildman–Crippen LogP) is 3.70. The van der Waals surface area contributed by atoms with Crippen molar-refractivity contribution in [3.8, 4) is 0 Å². The second-order valence-corrected chi connectivity index (χ2v) is 7.02. The van der Waals surface area contributed by atoms with Crippen LogP contribution >= 0.6 is 35.6 Å². The average molecular weight is 364 g/mol. The zero-order chi connectivity index (χ0) is 15.0. The molecule has 6 heteroatoms. The second-order valence-electron chi connectivity index (χ2n) is 6.18. The number of fused-ring (bicyclic) bond motifs is 2. The Kier molecular flexibility index (Phi) is 6.00. The average Bonchev–Trinajstić information content (AvgIpc) is 2.79. The molecule has 2 saturated heterocycles. The van der Waals surface area contributed by atoms with Crippen LogP contribution in [0.4, 0.5) is 0 Å². The molecule has 1 aromatic rings. The quantitative estimate of drug-likeness (QED) is 0.888. The van der Waals surface area contributed by atoms with E-state index in [2.05, 4.69) is 5.32 Å². The number of likely N-dealkylation sites (N-methyl/N-ethyl adjacent to an activating group) is 1. The van der Waals surface area contributed by atoms with Gasteiger partial charge in [-0.2, -0.15) is 0 Å². The number of carbonyl (C=O) groups excluding carboxylic acids is 1. The zero-order valence-electron chi connectivity index (χ0n) is 12.5. The van der Waals surface area contributed by atoms with Gasteiger partial charge in [0, 0.05) is 35.2 Å². The highest BCUT2D eigenvalue weighted by atomic mass is 35.5. The number of nitrogens with one attached hydrogen (secondary N) is 1. The standard InChI is InChI=1S/C16H20Cl2N2O.ClH/c1-20(14-8-12-4-5-13(9-14)19-12)16(21)6-10-2-3-11(17)7-15(10)18;/h2-3,7,12-14,19H,4-6,8-9H2,1H3;1H. The van der Waals surface area contributed by atoms with E-state index >= 15 is 0 Å². The molecule has 122 valence electrons. The van der Waals surface area contributed by atoms with Gasteiger partial charge in [-0.05, 0) is 43.4 Å². The van der Waals surface area contributed by atoms with Gasteiger partial charge in [0.2, 0.25) is 5.91 Å². The fourth-order valence-electron chi connectivity index (χ4n) is 3.50. The summed E-state index contributed by atoms with van der Waals surface area (Å²) in [5.41, 5.74) is 0.842. The smallest absolute Gasteiger partial charge is 0.227 e. The molecular formula is C16H21Cl3N2O. The Hall–Kier alpha value is -0.480. The van der Waals surface area contributed by atoms with Crippen LogP contribution in [0, 0.1) is 0 Å². The van der Waals surface area contributed by atoms with Gasteiger partial charge >= 0.3 is 0 Å². The number of hydrogen-bond acceptors (Lipinski definition) is 2. The van der Waals surface area contributed by atoms with Crippen LogP contribution in [-0.4, -0.2) is 36.0 Å². The minimum Gasteiger partial charge on any atom is -0.342 e. The summed E-state index contributed by atoms with van der Waals surface area (Å²) in [6.45, 7) is 0. The molecule has 2 heterocycles. The molecule has 0 aliphatic carbocycles. The third kappa shape index (κ3) is 3.88. The number of benzene rings is 1. The van der Waals surface area contributed by atoms with Gasteiger partial charge in [-0.25, -0.2) is 0 Å². The van der Waals surface area contributed by atoms with Crippen molar-refractivity contribution in [3.63, 3.8) is 0 Å². The summed E-state index contributed by atoms with van der Waals surface area (Å²) < 4.78 is 0. The third-order valence-electron chi connectivity index (χ3n) is 4.75. The topological polar surface area (TPSA) is 32.3 Å². The molecule has 22 heavy (non-hydrogen) atoms. The van der Waals surface area contributed by atoms with Crippen molar-refractivity contribution in [1.82, 2.24) is 10.2 Å². The molecule has 2 aliphatic heterocycles. The van der Waals surface area contributed by atoms with E-state index in [0.29, 0.717) is 34.6 Å². The van der Waals surface area contributed by atoms with Crippen molar-refractivity contribution in [2.24, 2.45) is 0 Å². The Labute approximate surface area is 147 Å². The number of rotatable bonds is 3. The Morgan fingerprint density at radius 1 is 1.27 bits per heavy atom. The van der Waals surface area contributed by atoms with Gasteiger partial charge in [0.25, 0.3) is 0 Å². The first kappa shape index (κ1) is 17.9. The number of carbonyl (C=O) groups is 1. The molecule has 0 radical (unpaired) electrons. The Balaban J connectivity index is 0.00000176. The van der Waals surface area contributed by atoms with Crippen LogP contribution < -0.4 is 5.32 Å². The van der Waals surface area contributed by atoms with Crippen molar-refractivity contribution in [2.75, 3.05) is 7.05 Å². The monoisotopic (exact) mass is 362 g/mol. The maximum absolute atomic E-state index is 12.5. The summed E-state index contributed by atoms with van der Waals surface area (Å²) in [6.07, 6.45) is 4.95. The molecule has 3 nitrogen and oxygen atoms in total. The molecule has 3 rings (SSSR count). The summed E-state index contributed by atoms with van der Waals surface area (Å²) in [5, 5.41) is 4.77. The summed E-state index contributed by atoms with van der Waals surface area (Å²) in [4.78, 5) is 14.4. The highest BCUT2D eigenvalue weighted by Gasteiger charge is 2.36. The lowest BCUT2D eigenvalue weighted by Crippen LogP contribution is -2.49. The molecule has 2 bridgehead atoms. The fraction of sp³-hybridized carbons (Fsp3) is 0.562. The zero-order valence-corrected chi connectivity index (χ0v) is 14.8. The number of halogens is 3. The van der Waals surface area contributed by atoms with E-state index in [9.17, 15) is 4.79 Å². The van der Waals surface area contributed by atoms with E-state index in [1.54, 1.807) is 12.1 Å². The first-order valence-electron chi connectivity index (χ1n) is 7.48. The van der Waals surface area contributed by atoms with E-state index in [0.717, 1.165) is 18.4 Å². The lowest BCUT2D eigenvalue weighted by atomic mass is 9.98. The molecule has 1 N–H and O–H groups in total. The molecule has 2 fully saturated rings. The molecule has 2 unspecified atom stereocenters. The fourth-order valence-corrected chi connectivity index (χ4v) is 3.98. The molecule has 1 amide bonds. The Morgan fingerprint density at radius 3 is 2.50 bits per heavy atom. The van der Waals surface area contributed by atoms with Gasteiger partial charge in [-0.15, -0.1) is 12.4 Å². The van der Waals surface area contributed by atoms with Gasteiger partial charge in [-0.1, -0.05) is 29.3 Å². The van der Waals surface area contributed by atoms with E-state index in [4.69, 9.17) is 23.2 Å². The van der Waals surface area contributed by atoms with Crippen molar-refractivity contribution in [1.29, 1.82) is 0 Å². The van der Waals surface area contributed by atoms with Crippen LogP contribution in [0.25, 0.3) is 0 Å². The SMILES string of the molecule is CN(C(=O)Cc1ccc(Cl)cc1Cl)C1CC2CCC(C1)N2.Cl.